The average Bonchev–Trinajstić information content (AvgIpc) is 2.15. The van der Waals surface area contributed by atoms with Gasteiger partial charge >= 0.3 is 0 Å². The molecule has 0 spiro atoms. The highest BCUT2D eigenvalue weighted by atomic mass is 127. The number of rotatable bonds is 2. The fraction of sp³-hybridized carbons (Fsp3) is 1.00. The van der Waals surface area contributed by atoms with Crippen LogP contribution >= 0.6 is 23.0 Å². The normalized spacial score (nSPS) is 32.6. The summed E-state index contributed by atoms with van der Waals surface area (Å²) in [6, 6.07) is 0. The van der Waals surface area contributed by atoms with E-state index < -0.39 is 11.8 Å². The summed E-state index contributed by atoms with van der Waals surface area (Å²) in [4.78, 5) is 0. The van der Waals surface area contributed by atoms with E-state index in [1.807, 2.05) is 0 Å². The molecule has 4 heteroatoms. The van der Waals surface area contributed by atoms with E-state index in [1.165, 1.54) is 0 Å². The molecule has 0 N–H and O–H groups in total. The molecule has 1 aliphatic carbocycles. The Bertz CT molecular complexity index is 96.0. The van der Waals surface area contributed by atoms with Crippen LogP contribution in [0.1, 0.15) is 6.42 Å². The minimum absolute atomic E-state index is 0.00992. The average molecular weight is 234 g/mol. The maximum absolute atomic E-state index is 11.9. The van der Waals surface area contributed by atoms with Crippen molar-refractivity contribution in [3.8, 4) is 0 Å². The SMILES string of the molecule is FC1(F)CC1COI. The van der Waals surface area contributed by atoms with E-state index in [2.05, 4.69) is 3.07 Å². The zero-order valence-corrected chi connectivity index (χ0v) is 6.19. The van der Waals surface area contributed by atoms with Gasteiger partial charge < -0.3 is 3.07 Å². The molecule has 0 aliphatic heterocycles. The van der Waals surface area contributed by atoms with E-state index in [9.17, 15) is 8.78 Å². The van der Waals surface area contributed by atoms with Gasteiger partial charge in [-0.15, -0.1) is 0 Å². The van der Waals surface area contributed by atoms with Crippen LogP contribution < -0.4 is 0 Å². The molecule has 0 bridgehead atoms. The van der Waals surface area contributed by atoms with E-state index in [4.69, 9.17) is 0 Å². The molecular formula is C4H5F2IO. The molecule has 0 aromatic carbocycles. The smallest absolute Gasteiger partial charge is 0.253 e. The third-order valence-corrected chi connectivity index (χ3v) is 1.58. The van der Waals surface area contributed by atoms with Crippen molar-refractivity contribution in [2.24, 2.45) is 5.92 Å². The quantitative estimate of drug-likeness (QED) is 0.664. The third kappa shape index (κ3) is 1.28. The van der Waals surface area contributed by atoms with Crippen LogP contribution in [0.5, 0.6) is 0 Å². The van der Waals surface area contributed by atoms with Gasteiger partial charge in [-0.3, -0.25) is 0 Å². The molecule has 0 amide bonds. The summed E-state index contributed by atoms with van der Waals surface area (Å²) in [6.07, 6.45) is 0.00992. The molecule has 8 heavy (non-hydrogen) atoms. The van der Waals surface area contributed by atoms with Gasteiger partial charge in [0, 0.05) is 6.42 Å². The molecule has 1 rings (SSSR count). The van der Waals surface area contributed by atoms with Crippen molar-refractivity contribution in [1.82, 2.24) is 0 Å². The van der Waals surface area contributed by atoms with Gasteiger partial charge in [0.2, 0.25) is 0 Å². The summed E-state index contributed by atoms with van der Waals surface area (Å²) in [5.74, 6) is -2.91. The van der Waals surface area contributed by atoms with Crippen LogP contribution in [0, 0.1) is 5.92 Å². The van der Waals surface area contributed by atoms with Crippen molar-refractivity contribution in [2.75, 3.05) is 6.61 Å². The van der Waals surface area contributed by atoms with Crippen molar-refractivity contribution in [1.29, 1.82) is 0 Å². The highest BCUT2D eigenvalue weighted by Crippen LogP contribution is 2.48. The Labute approximate surface area is 60.1 Å². The molecule has 1 unspecified atom stereocenters. The molecule has 0 heterocycles. The minimum Gasteiger partial charge on any atom is -0.315 e. The molecule has 1 aliphatic rings. The summed E-state index contributed by atoms with van der Waals surface area (Å²) in [5, 5.41) is 0. The Hall–Kier alpha value is 0.550. The Morgan fingerprint density at radius 1 is 1.75 bits per heavy atom. The second kappa shape index (κ2) is 2.06. The van der Waals surface area contributed by atoms with Gasteiger partial charge in [0.25, 0.3) is 5.92 Å². The molecular weight excluding hydrogens is 229 g/mol. The molecule has 0 radical (unpaired) electrons. The maximum Gasteiger partial charge on any atom is 0.253 e. The summed E-state index contributed by atoms with van der Waals surface area (Å²) >= 11 is 1.63. The van der Waals surface area contributed by atoms with E-state index in [1.54, 1.807) is 23.0 Å². The number of halogens is 3. The first-order valence-corrected chi connectivity index (χ1v) is 3.16. The molecule has 1 atom stereocenters. The van der Waals surface area contributed by atoms with E-state index >= 15 is 0 Å². The highest BCUT2D eigenvalue weighted by molar-refractivity contribution is 14.1. The van der Waals surface area contributed by atoms with Crippen molar-refractivity contribution >= 4 is 23.0 Å². The summed E-state index contributed by atoms with van der Waals surface area (Å²) in [6.45, 7) is 0.188. The second-order valence-electron chi connectivity index (χ2n) is 1.94. The molecule has 1 nitrogen and oxygen atoms in total. The molecule has 48 valence electrons. The minimum atomic E-state index is -2.41. The van der Waals surface area contributed by atoms with E-state index in [-0.39, 0.29) is 13.0 Å². The number of hydrogen-bond acceptors (Lipinski definition) is 1. The molecule has 0 saturated heterocycles. The van der Waals surface area contributed by atoms with Crippen LogP contribution in [-0.4, -0.2) is 12.5 Å². The second-order valence-corrected chi connectivity index (χ2v) is 2.56. The molecule has 0 aromatic heterocycles. The molecule has 0 aromatic rings. The fourth-order valence-electron chi connectivity index (χ4n) is 0.526. The largest absolute Gasteiger partial charge is 0.315 e. The van der Waals surface area contributed by atoms with Gasteiger partial charge in [0.05, 0.1) is 12.5 Å². The van der Waals surface area contributed by atoms with E-state index in [0.717, 1.165) is 0 Å². The standard InChI is InChI=1S/C4H5F2IO/c5-4(6)1-3(4)2-8-7/h3H,1-2H2. The summed E-state index contributed by atoms with van der Waals surface area (Å²) in [5.41, 5.74) is 0. The first-order chi connectivity index (χ1) is 3.67. The zero-order valence-electron chi connectivity index (χ0n) is 4.03. The van der Waals surface area contributed by atoms with Crippen LogP contribution in [0.2, 0.25) is 0 Å². The Balaban J connectivity index is 2.17. The maximum atomic E-state index is 11.9. The number of alkyl halides is 2. The van der Waals surface area contributed by atoms with Crippen LogP contribution in [0.15, 0.2) is 0 Å². The molecule has 1 saturated carbocycles. The lowest BCUT2D eigenvalue weighted by Gasteiger charge is -1.91. The van der Waals surface area contributed by atoms with E-state index in [0.29, 0.717) is 0 Å². The van der Waals surface area contributed by atoms with Gasteiger partial charge in [0.15, 0.2) is 0 Å². The summed E-state index contributed by atoms with van der Waals surface area (Å²) < 4.78 is 28.3. The Morgan fingerprint density at radius 3 is 2.38 bits per heavy atom. The van der Waals surface area contributed by atoms with Crippen LogP contribution in [0.4, 0.5) is 8.78 Å². The van der Waals surface area contributed by atoms with Crippen molar-refractivity contribution < 1.29 is 11.8 Å². The fourth-order valence-corrected chi connectivity index (χ4v) is 0.961. The molecule has 1 fully saturated rings. The lowest BCUT2D eigenvalue weighted by molar-refractivity contribution is 0.0906. The first kappa shape index (κ1) is 6.67. The Kier molecular flexibility index (Phi) is 1.71. The van der Waals surface area contributed by atoms with Crippen molar-refractivity contribution in [3.05, 3.63) is 0 Å². The first-order valence-electron chi connectivity index (χ1n) is 2.28. The topological polar surface area (TPSA) is 9.23 Å². The van der Waals surface area contributed by atoms with Gasteiger partial charge in [0.1, 0.15) is 23.0 Å². The van der Waals surface area contributed by atoms with Gasteiger partial charge in [-0.2, -0.15) is 0 Å². The predicted octanol–water partition coefficient (Wildman–Crippen LogP) is 2.01. The van der Waals surface area contributed by atoms with Gasteiger partial charge in [-0.05, 0) is 0 Å². The van der Waals surface area contributed by atoms with Gasteiger partial charge in [-0.25, -0.2) is 8.78 Å². The monoisotopic (exact) mass is 234 g/mol. The van der Waals surface area contributed by atoms with Crippen LogP contribution in [0.3, 0.4) is 0 Å². The van der Waals surface area contributed by atoms with Crippen LogP contribution in [0.25, 0.3) is 0 Å². The van der Waals surface area contributed by atoms with Crippen molar-refractivity contribution in [3.63, 3.8) is 0 Å². The summed E-state index contributed by atoms with van der Waals surface area (Å²) in [7, 11) is 0. The highest BCUT2D eigenvalue weighted by Gasteiger charge is 2.56. The predicted molar refractivity (Wildman–Crippen MR) is 33.0 cm³/mol. The lowest BCUT2D eigenvalue weighted by atomic mass is 10.5. The lowest BCUT2D eigenvalue weighted by Crippen LogP contribution is -1.97. The van der Waals surface area contributed by atoms with Crippen molar-refractivity contribution in [2.45, 2.75) is 12.3 Å². The number of hydrogen-bond donors (Lipinski definition) is 0. The Morgan fingerprint density at radius 2 is 2.25 bits per heavy atom. The van der Waals surface area contributed by atoms with Crippen LogP contribution in [-0.2, 0) is 3.07 Å². The third-order valence-electron chi connectivity index (χ3n) is 1.22. The zero-order chi connectivity index (χ0) is 6.20. The van der Waals surface area contributed by atoms with Gasteiger partial charge in [-0.1, -0.05) is 0 Å².